The summed E-state index contributed by atoms with van der Waals surface area (Å²) in [5.41, 5.74) is 0.822. The van der Waals surface area contributed by atoms with Crippen LogP contribution in [0.3, 0.4) is 0 Å². The largest absolute Gasteiger partial charge is 0.366 e. The van der Waals surface area contributed by atoms with Gasteiger partial charge >= 0.3 is 0 Å². The molecular formula is C15H20N4O2. The number of hydrogen-bond acceptors (Lipinski definition) is 5. The van der Waals surface area contributed by atoms with Crippen molar-refractivity contribution < 1.29 is 4.92 Å². The SMILES string of the molecule is CCC1CN(c2ccc(C#N)c([N+](=O)[O-])c2)C(CC)CN1. The van der Waals surface area contributed by atoms with Crippen LogP contribution >= 0.6 is 0 Å². The predicted molar refractivity (Wildman–Crippen MR) is 81.3 cm³/mol. The molecule has 0 spiro atoms. The molecule has 0 amide bonds. The molecule has 1 N–H and O–H groups in total. The normalized spacial score (nSPS) is 21.9. The first-order valence-corrected chi connectivity index (χ1v) is 7.29. The molecule has 1 aromatic rings. The van der Waals surface area contributed by atoms with E-state index in [4.69, 9.17) is 5.26 Å². The van der Waals surface area contributed by atoms with E-state index in [2.05, 4.69) is 24.1 Å². The van der Waals surface area contributed by atoms with Gasteiger partial charge in [-0.15, -0.1) is 0 Å². The molecule has 2 rings (SSSR count). The van der Waals surface area contributed by atoms with Gasteiger partial charge in [-0.1, -0.05) is 13.8 Å². The highest BCUT2D eigenvalue weighted by atomic mass is 16.6. The predicted octanol–water partition coefficient (Wildman–Crippen LogP) is 2.43. The lowest BCUT2D eigenvalue weighted by Gasteiger charge is -2.41. The summed E-state index contributed by atoms with van der Waals surface area (Å²) in [6.45, 7) is 5.95. The van der Waals surface area contributed by atoms with Gasteiger partial charge < -0.3 is 10.2 Å². The zero-order chi connectivity index (χ0) is 15.4. The first kappa shape index (κ1) is 15.3. The van der Waals surface area contributed by atoms with Gasteiger partial charge in [0.15, 0.2) is 0 Å². The lowest BCUT2D eigenvalue weighted by molar-refractivity contribution is -0.385. The van der Waals surface area contributed by atoms with E-state index in [1.54, 1.807) is 6.07 Å². The van der Waals surface area contributed by atoms with E-state index in [9.17, 15) is 10.1 Å². The minimum atomic E-state index is -0.484. The molecule has 2 atom stereocenters. The molecule has 0 saturated carbocycles. The quantitative estimate of drug-likeness (QED) is 0.679. The van der Waals surface area contributed by atoms with E-state index in [0.29, 0.717) is 12.1 Å². The maximum atomic E-state index is 11.1. The molecular weight excluding hydrogens is 268 g/mol. The molecule has 1 saturated heterocycles. The Bertz CT molecular complexity index is 567. The number of nitro benzene ring substituents is 1. The minimum absolute atomic E-state index is 0.110. The molecule has 0 bridgehead atoms. The van der Waals surface area contributed by atoms with Crippen LogP contribution in [-0.2, 0) is 0 Å². The number of nitrogens with zero attached hydrogens (tertiary/aromatic N) is 3. The number of benzene rings is 1. The Morgan fingerprint density at radius 2 is 2.24 bits per heavy atom. The number of hydrogen-bond donors (Lipinski definition) is 1. The lowest BCUT2D eigenvalue weighted by Crippen LogP contribution is -2.56. The van der Waals surface area contributed by atoms with E-state index >= 15 is 0 Å². The fourth-order valence-electron chi connectivity index (χ4n) is 2.76. The van der Waals surface area contributed by atoms with Gasteiger partial charge in [0, 0.05) is 36.9 Å². The zero-order valence-corrected chi connectivity index (χ0v) is 12.4. The number of anilines is 1. The molecule has 1 aliphatic rings. The standard InChI is InChI=1S/C15H20N4O2/c1-3-12-10-18(13(4-2)9-17-12)14-6-5-11(8-16)15(7-14)19(20)21/h5-7,12-13,17H,3-4,9-10H2,1-2H3. The van der Waals surface area contributed by atoms with E-state index in [-0.39, 0.29) is 11.3 Å². The smallest absolute Gasteiger partial charge is 0.289 e. The maximum Gasteiger partial charge on any atom is 0.289 e. The van der Waals surface area contributed by atoms with E-state index in [1.807, 2.05) is 12.1 Å². The fraction of sp³-hybridized carbons (Fsp3) is 0.533. The Balaban J connectivity index is 2.36. The van der Waals surface area contributed by atoms with E-state index in [0.717, 1.165) is 31.6 Å². The number of rotatable bonds is 4. The Hall–Kier alpha value is -2.13. The molecule has 112 valence electrons. The third-order valence-electron chi connectivity index (χ3n) is 4.09. The summed E-state index contributed by atoms with van der Waals surface area (Å²) in [5, 5.41) is 23.6. The van der Waals surface area contributed by atoms with Gasteiger partial charge in [0.05, 0.1) is 4.92 Å². The van der Waals surface area contributed by atoms with Crippen molar-refractivity contribution in [1.82, 2.24) is 5.32 Å². The number of nitrogens with one attached hydrogen (secondary N) is 1. The van der Waals surface area contributed by atoms with Gasteiger partial charge in [-0.2, -0.15) is 5.26 Å². The van der Waals surface area contributed by atoms with Crippen molar-refractivity contribution >= 4 is 11.4 Å². The minimum Gasteiger partial charge on any atom is -0.366 e. The monoisotopic (exact) mass is 288 g/mol. The van der Waals surface area contributed by atoms with Crippen LogP contribution in [-0.4, -0.2) is 30.1 Å². The molecule has 6 nitrogen and oxygen atoms in total. The molecule has 1 fully saturated rings. The Morgan fingerprint density at radius 1 is 1.48 bits per heavy atom. The van der Waals surface area contributed by atoms with Gasteiger partial charge in [0.1, 0.15) is 11.6 Å². The third kappa shape index (κ3) is 3.14. The number of nitriles is 1. The van der Waals surface area contributed by atoms with E-state index in [1.165, 1.54) is 6.07 Å². The molecule has 1 aliphatic heterocycles. The molecule has 2 unspecified atom stereocenters. The molecule has 1 aromatic carbocycles. The van der Waals surface area contributed by atoms with Crippen LogP contribution in [0.5, 0.6) is 0 Å². The molecule has 1 heterocycles. The van der Waals surface area contributed by atoms with E-state index < -0.39 is 4.92 Å². The Labute approximate surface area is 124 Å². The van der Waals surface area contributed by atoms with Gasteiger partial charge in [-0.25, -0.2) is 0 Å². The second-order valence-electron chi connectivity index (χ2n) is 5.30. The summed E-state index contributed by atoms with van der Waals surface area (Å²) >= 11 is 0. The van der Waals surface area contributed by atoms with Crippen molar-refractivity contribution in [2.75, 3.05) is 18.0 Å². The Morgan fingerprint density at radius 3 is 2.81 bits per heavy atom. The molecule has 21 heavy (non-hydrogen) atoms. The maximum absolute atomic E-state index is 11.1. The molecule has 0 radical (unpaired) electrons. The highest BCUT2D eigenvalue weighted by molar-refractivity contribution is 5.61. The van der Waals surface area contributed by atoms with Crippen molar-refractivity contribution in [3.63, 3.8) is 0 Å². The molecule has 6 heteroatoms. The fourth-order valence-corrected chi connectivity index (χ4v) is 2.76. The average Bonchev–Trinajstić information content (AvgIpc) is 2.53. The lowest BCUT2D eigenvalue weighted by atomic mass is 10.0. The van der Waals surface area contributed by atoms with Gasteiger partial charge in [-0.3, -0.25) is 10.1 Å². The summed E-state index contributed by atoms with van der Waals surface area (Å²) in [6.07, 6.45) is 1.99. The van der Waals surface area contributed by atoms with Crippen molar-refractivity contribution in [3.05, 3.63) is 33.9 Å². The van der Waals surface area contributed by atoms with Crippen LogP contribution in [0, 0.1) is 21.4 Å². The highest BCUT2D eigenvalue weighted by Crippen LogP contribution is 2.28. The van der Waals surface area contributed by atoms with Crippen LogP contribution in [0.4, 0.5) is 11.4 Å². The molecule has 0 aliphatic carbocycles. The van der Waals surface area contributed by atoms with Crippen molar-refractivity contribution in [2.24, 2.45) is 0 Å². The summed E-state index contributed by atoms with van der Waals surface area (Å²) in [7, 11) is 0. The van der Waals surface area contributed by atoms with Crippen LogP contribution in [0.2, 0.25) is 0 Å². The van der Waals surface area contributed by atoms with Gasteiger partial charge in [0.2, 0.25) is 0 Å². The third-order valence-corrected chi connectivity index (χ3v) is 4.09. The van der Waals surface area contributed by atoms with Crippen LogP contribution < -0.4 is 10.2 Å². The topological polar surface area (TPSA) is 82.2 Å². The summed E-state index contributed by atoms with van der Waals surface area (Å²) in [6, 6.07) is 7.47. The highest BCUT2D eigenvalue weighted by Gasteiger charge is 2.27. The van der Waals surface area contributed by atoms with Crippen molar-refractivity contribution in [2.45, 2.75) is 38.8 Å². The summed E-state index contributed by atoms with van der Waals surface area (Å²) in [4.78, 5) is 12.8. The van der Waals surface area contributed by atoms with Crippen LogP contribution in [0.15, 0.2) is 18.2 Å². The second kappa shape index (κ2) is 6.55. The van der Waals surface area contributed by atoms with Crippen molar-refractivity contribution in [1.29, 1.82) is 5.26 Å². The summed E-state index contributed by atoms with van der Waals surface area (Å²) in [5.74, 6) is 0. The second-order valence-corrected chi connectivity index (χ2v) is 5.30. The molecule has 0 aromatic heterocycles. The first-order valence-electron chi connectivity index (χ1n) is 7.29. The Kier molecular flexibility index (Phi) is 4.76. The number of nitro groups is 1. The van der Waals surface area contributed by atoms with Gasteiger partial charge in [0.25, 0.3) is 5.69 Å². The average molecular weight is 288 g/mol. The van der Waals surface area contributed by atoms with Crippen LogP contribution in [0.1, 0.15) is 32.3 Å². The first-order chi connectivity index (χ1) is 10.1. The summed E-state index contributed by atoms with van der Waals surface area (Å²) < 4.78 is 0. The van der Waals surface area contributed by atoms with Crippen molar-refractivity contribution in [3.8, 4) is 6.07 Å². The van der Waals surface area contributed by atoms with Gasteiger partial charge in [-0.05, 0) is 25.0 Å². The number of piperazine rings is 1. The zero-order valence-electron chi connectivity index (χ0n) is 12.4. The van der Waals surface area contributed by atoms with Crippen LogP contribution in [0.25, 0.3) is 0 Å².